The monoisotopic (exact) mass is 384 g/mol. The molecule has 0 spiro atoms. The smallest absolute Gasteiger partial charge is 0.229 e. The van der Waals surface area contributed by atoms with Crippen LogP contribution in [-0.4, -0.2) is 29.8 Å². The number of nitrogens with one attached hydrogen (secondary N) is 1. The first-order valence-corrected chi connectivity index (χ1v) is 9.77. The molecule has 27 heavy (non-hydrogen) atoms. The topological polar surface area (TPSA) is 49.4 Å². The van der Waals surface area contributed by atoms with Crippen LogP contribution in [0.2, 0.25) is 5.02 Å². The van der Waals surface area contributed by atoms with Gasteiger partial charge >= 0.3 is 0 Å². The number of halogens is 1. The molecule has 1 saturated heterocycles. The lowest BCUT2D eigenvalue weighted by Gasteiger charge is -2.18. The Bertz CT molecular complexity index is 833. The molecule has 2 amide bonds. The normalized spacial score (nSPS) is 16.6. The van der Waals surface area contributed by atoms with Crippen molar-refractivity contribution in [1.29, 1.82) is 0 Å². The lowest BCUT2D eigenvalue weighted by atomic mass is 10.0. The fourth-order valence-corrected chi connectivity index (χ4v) is 3.63. The van der Waals surface area contributed by atoms with Crippen LogP contribution in [0.15, 0.2) is 42.5 Å². The standard InChI is InChI=1S/C22H25ClN2O2/c1-3-17-6-4-5-15(2)21(17)24-22(27)18-13-20(26)25(14-18)12-11-16-7-9-19(23)10-8-16/h4-10,18H,3,11-14H2,1-2H3,(H,24,27). The van der Waals surface area contributed by atoms with Crippen LogP contribution in [0.25, 0.3) is 0 Å². The highest BCUT2D eigenvalue weighted by Gasteiger charge is 2.34. The average molecular weight is 385 g/mol. The van der Waals surface area contributed by atoms with Crippen molar-refractivity contribution in [3.05, 3.63) is 64.2 Å². The zero-order valence-corrected chi connectivity index (χ0v) is 16.6. The summed E-state index contributed by atoms with van der Waals surface area (Å²) in [5.41, 5.74) is 4.18. The largest absolute Gasteiger partial charge is 0.342 e. The van der Waals surface area contributed by atoms with E-state index in [1.165, 1.54) is 0 Å². The molecule has 3 rings (SSSR count). The number of carbonyl (C=O) groups excluding carboxylic acids is 2. The molecule has 0 bridgehead atoms. The molecule has 4 nitrogen and oxygen atoms in total. The Balaban J connectivity index is 1.60. The number of carbonyl (C=O) groups is 2. The minimum atomic E-state index is -0.299. The molecule has 1 N–H and O–H groups in total. The predicted octanol–water partition coefficient (Wildman–Crippen LogP) is 4.24. The van der Waals surface area contributed by atoms with Crippen molar-refractivity contribution in [3.63, 3.8) is 0 Å². The maximum Gasteiger partial charge on any atom is 0.229 e. The third-order valence-corrected chi connectivity index (χ3v) is 5.41. The van der Waals surface area contributed by atoms with Crippen molar-refractivity contribution in [3.8, 4) is 0 Å². The number of likely N-dealkylation sites (tertiary alicyclic amines) is 1. The van der Waals surface area contributed by atoms with Crippen LogP contribution in [-0.2, 0) is 22.4 Å². The molecular weight excluding hydrogens is 360 g/mol. The molecule has 0 saturated carbocycles. The molecule has 0 aromatic heterocycles. The molecule has 0 radical (unpaired) electrons. The summed E-state index contributed by atoms with van der Waals surface area (Å²) in [6, 6.07) is 13.7. The highest BCUT2D eigenvalue weighted by Crippen LogP contribution is 2.25. The Hall–Kier alpha value is -2.33. The Kier molecular flexibility index (Phi) is 6.17. The molecular formula is C22H25ClN2O2. The van der Waals surface area contributed by atoms with Crippen LogP contribution in [0.3, 0.4) is 0 Å². The second-order valence-corrected chi connectivity index (χ2v) is 7.51. The summed E-state index contributed by atoms with van der Waals surface area (Å²) in [6.45, 7) is 5.16. The van der Waals surface area contributed by atoms with Crippen molar-refractivity contribution < 1.29 is 9.59 Å². The number of amides is 2. The molecule has 0 aliphatic carbocycles. The molecule has 1 fully saturated rings. The molecule has 142 valence electrons. The summed E-state index contributed by atoms with van der Waals surface area (Å²) in [5.74, 6) is -0.321. The maximum absolute atomic E-state index is 12.7. The molecule has 1 unspecified atom stereocenters. The zero-order valence-electron chi connectivity index (χ0n) is 15.8. The van der Waals surface area contributed by atoms with E-state index >= 15 is 0 Å². The van der Waals surface area contributed by atoms with Gasteiger partial charge in [0, 0.05) is 30.2 Å². The van der Waals surface area contributed by atoms with E-state index in [0.717, 1.165) is 35.2 Å². The Morgan fingerprint density at radius 1 is 1.22 bits per heavy atom. The quantitative estimate of drug-likeness (QED) is 0.809. The van der Waals surface area contributed by atoms with Gasteiger partial charge in [-0.3, -0.25) is 9.59 Å². The third-order valence-electron chi connectivity index (χ3n) is 5.16. The van der Waals surface area contributed by atoms with E-state index in [1.54, 1.807) is 4.90 Å². The van der Waals surface area contributed by atoms with Crippen molar-refractivity contribution in [2.24, 2.45) is 5.92 Å². The average Bonchev–Trinajstić information content (AvgIpc) is 3.04. The van der Waals surface area contributed by atoms with Gasteiger partial charge in [-0.2, -0.15) is 0 Å². The fraction of sp³-hybridized carbons (Fsp3) is 0.364. The summed E-state index contributed by atoms with van der Waals surface area (Å²) in [7, 11) is 0. The molecule has 1 aliphatic heterocycles. The summed E-state index contributed by atoms with van der Waals surface area (Å²) < 4.78 is 0. The van der Waals surface area contributed by atoms with Crippen LogP contribution in [0.5, 0.6) is 0 Å². The number of aryl methyl sites for hydroxylation is 2. The lowest BCUT2D eigenvalue weighted by Crippen LogP contribution is -2.30. The number of hydrogen-bond donors (Lipinski definition) is 1. The van der Waals surface area contributed by atoms with Gasteiger partial charge in [0.05, 0.1) is 5.92 Å². The number of rotatable bonds is 6. The van der Waals surface area contributed by atoms with Crippen molar-refractivity contribution >= 4 is 29.1 Å². The lowest BCUT2D eigenvalue weighted by molar-refractivity contribution is -0.128. The Morgan fingerprint density at radius 3 is 2.67 bits per heavy atom. The van der Waals surface area contributed by atoms with Gasteiger partial charge in [0.1, 0.15) is 0 Å². The van der Waals surface area contributed by atoms with Crippen LogP contribution >= 0.6 is 11.6 Å². The van der Waals surface area contributed by atoms with Gasteiger partial charge in [-0.25, -0.2) is 0 Å². The number of para-hydroxylation sites is 1. The number of hydrogen-bond acceptors (Lipinski definition) is 2. The van der Waals surface area contributed by atoms with Crippen LogP contribution in [0, 0.1) is 12.8 Å². The van der Waals surface area contributed by atoms with Crippen LogP contribution in [0.4, 0.5) is 5.69 Å². The Morgan fingerprint density at radius 2 is 1.96 bits per heavy atom. The van der Waals surface area contributed by atoms with Gasteiger partial charge in [-0.05, 0) is 48.6 Å². The summed E-state index contributed by atoms with van der Waals surface area (Å²) >= 11 is 5.91. The van der Waals surface area contributed by atoms with Crippen LogP contribution < -0.4 is 5.32 Å². The van der Waals surface area contributed by atoms with Gasteiger partial charge in [0.2, 0.25) is 11.8 Å². The molecule has 1 aliphatic rings. The number of benzene rings is 2. The van der Waals surface area contributed by atoms with E-state index in [0.29, 0.717) is 18.1 Å². The first kappa shape index (κ1) is 19.4. The Labute approximate surface area is 165 Å². The number of anilines is 1. The second kappa shape index (κ2) is 8.57. The van der Waals surface area contributed by atoms with Gasteiger partial charge in [0.25, 0.3) is 0 Å². The van der Waals surface area contributed by atoms with Crippen molar-refractivity contribution in [1.82, 2.24) is 4.90 Å². The van der Waals surface area contributed by atoms with E-state index in [1.807, 2.05) is 49.4 Å². The molecule has 5 heteroatoms. The minimum Gasteiger partial charge on any atom is -0.342 e. The molecule has 1 atom stereocenters. The first-order valence-electron chi connectivity index (χ1n) is 9.39. The van der Waals surface area contributed by atoms with E-state index in [-0.39, 0.29) is 24.2 Å². The van der Waals surface area contributed by atoms with Crippen molar-refractivity contribution in [2.45, 2.75) is 33.1 Å². The highest BCUT2D eigenvalue weighted by molar-refractivity contribution is 6.30. The van der Waals surface area contributed by atoms with Crippen LogP contribution in [0.1, 0.15) is 30.0 Å². The van der Waals surface area contributed by atoms with E-state index in [9.17, 15) is 9.59 Å². The molecule has 1 heterocycles. The highest BCUT2D eigenvalue weighted by atomic mass is 35.5. The second-order valence-electron chi connectivity index (χ2n) is 7.07. The fourth-order valence-electron chi connectivity index (χ4n) is 3.51. The van der Waals surface area contributed by atoms with Gasteiger partial charge in [0.15, 0.2) is 0 Å². The van der Waals surface area contributed by atoms with Gasteiger partial charge in [-0.15, -0.1) is 0 Å². The zero-order chi connectivity index (χ0) is 19.4. The minimum absolute atomic E-state index is 0.0459. The maximum atomic E-state index is 12.7. The summed E-state index contributed by atoms with van der Waals surface area (Å²) in [5, 5.41) is 3.76. The molecule has 2 aromatic rings. The first-order chi connectivity index (χ1) is 13.0. The van der Waals surface area contributed by atoms with E-state index < -0.39 is 0 Å². The van der Waals surface area contributed by atoms with Crippen molar-refractivity contribution in [2.75, 3.05) is 18.4 Å². The SMILES string of the molecule is CCc1cccc(C)c1NC(=O)C1CC(=O)N(CCc2ccc(Cl)cc2)C1. The van der Waals surface area contributed by atoms with E-state index in [2.05, 4.69) is 12.2 Å². The predicted molar refractivity (Wildman–Crippen MR) is 109 cm³/mol. The molecule has 2 aromatic carbocycles. The van der Waals surface area contributed by atoms with Gasteiger partial charge in [-0.1, -0.05) is 48.9 Å². The van der Waals surface area contributed by atoms with E-state index in [4.69, 9.17) is 11.6 Å². The summed E-state index contributed by atoms with van der Waals surface area (Å²) in [4.78, 5) is 26.9. The third kappa shape index (κ3) is 4.69. The van der Waals surface area contributed by atoms with Gasteiger partial charge < -0.3 is 10.2 Å². The summed E-state index contributed by atoms with van der Waals surface area (Å²) in [6.07, 6.45) is 1.89. The number of nitrogens with zero attached hydrogens (tertiary/aromatic N) is 1.